The van der Waals surface area contributed by atoms with E-state index in [0.717, 1.165) is 30.0 Å². The van der Waals surface area contributed by atoms with Gasteiger partial charge in [0.1, 0.15) is 11.8 Å². The van der Waals surface area contributed by atoms with Crippen molar-refractivity contribution in [2.45, 2.75) is 18.9 Å². The fourth-order valence-electron chi connectivity index (χ4n) is 2.08. The van der Waals surface area contributed by atoms with Gasteiger partial charge < -0.3 is 15.4 Å². The zero-order valence-corrected chi connectivity index (χ0v) is 9.12. The van der Waals surface area contributed by atoms with E-state index in [9.17, 15) is 4.79 Å². The summed E-state index contributed by atoms with van der Waals surface area (Å²) in [4.78, 5) is 11.8. The van der Waals surface area contributed by atoms with E-state index in [1.54, 1.807) is 7.11 Å². The van der Waals surface area contributed by atoms with Crippen molar-refractivity contribution < 1.29 is 9.53 Å². The Morgan fingerprint density at radius 2 is 2.12 bits per heavy atom. The molecule has 1 unspecified atom stereocenters. The fourth-order valence-corrected chi connectivity index (χ4v) is 2.08. The van der Waals surface area contributed by atoms with Gasteiger partial charge in [-0.25, -0.2) is 0 Å². The van der Waals surface area contributed by atoms with Crippen LogP contribution in [0.2, 0.25) is 0 Å². The summed E-state index contributed by atoms with van der Waals surface area (Å²) < 4.78 is 5.17. The molecular formula is C12H14N2O2. The fraction of sp³-hybridized carbons (Fsp3) is 0.417. The highest BCUT2D eigenvalue weighted by Crippen LogP contribution is 2.39. The van der Waals surface area contributed by atoms with Crippen LogP contribution in [0.1, 0.15) is 12.8 Å². The van der Waals surface area contributed by atoms with Crippen LogP contribution in [-0.2, 0) is 4.79 Å². The number of benzene rings is 1. The second kappa shape index (κ2) is 3.40. The summed E-state index contributed by atoms with van der Waals surface area (Å²) in [6, 6.07) is 5.56. The van der Waals surface area contributed by atoms with Gasteiger partial charge in [-0.05, 0) is 30.9 Å². The molecular weight excluding hydrogens is 204 g/mol. The van der Waals surface area contributed by atoms with E-state index < -0.39 is 0 Å². The topological polar surface area (TPSA) is 50.4 Å². The summed E-state index contributed by atoms with van der Waals surface area (Å²) in [5.74, 6) is 1.39. The monoisotopic (exact) mass is 218 g/mol. The number of carbonyl (C=O) groups is 1. The molecule has 4 heteroatoms. The van der Waals surface area contributed by atoms with Crippen molar-refractivity contribution in [3.8, 4) is 5.75 Å². The Bertz CT molecular complexity index is 441. The number of methoxy groups -OCH3 is 1. The number of ether oxygens (including phenoxy) is 1. The first-order chi connectivity index (χ1) is 7.78. The molecule has 1 aromatic carbocycles. The molecule has 16 heavy (non-hydrogen) atoms. The number of carbonyl (C=O) groups excluding carboxylic acids is 1. The third-order valence-corrected chi connectivity index (χ3v) is 3.17. The summed E-state index contributed by atoms with van der Waals surface area (Å²) in [5, 5.41) is 6.22. The van der Waals surface area contributed by atoms with Crippen molar-refractivity contribution in [1.82, 2.24) is 0 Å². The van der Waals surface area contributed by atoms with Gasteiger partial charge in [0.2, 0.25) is 5.91 Å². The predicted molar refractivity (Wildman–Crippen MR) is 61.8 cm³/mol. The van der Waals surface area contributed by atoms with E-state index in [0.29, 0.717) is 5.92 Å². The first-order valence-corrected chi connectivity index (χ1v) is 5.53. The van der Waals surface area contributed by atoms with Crippen LogP contribution in [0.3, 0.4) is 0 Å². The summed E-state index contributed by atoms with van der Waals surface area (Å²) in [5.41, 5.74) is 1.79. The molecule has 0 radical (unpaired) electrons. The quantitative estimate of drug-likeness (QED) is 0.796. The van der Waals surface area contributed by atoms with Crippen LogP contribution < -0.4 is 15.4 Å². The van der Waals surface area contributed by atoms with Crippen molar-refractivity contribution in [1.29, 1.82) is 0 Å². The molecule has 84 valence electrons. The zero-order chi connectivity index (χ0) is 11.1. The van der Waals surface area contributed by atoms with Crippen molar-refractivity contribution >= 4 is 17.3 Å². The van der Waals surface area contributed by atoms with E-state index in [1.807, 2.05) is 18.2 Å². The normalized spacial score (nSPS) is 23.1. The first kappa shape index (κ1) is 9.51. The first-order valence-electron chi connectivity index (χ1n) is 5.53. The largest absolute Gasteiger partial charge is 0.497 e. The molecule has 0 bridgehead atoms. The molecule has 2 aliphatic rings. The van der Waals surface area contributed by atoms with Crippen LogP contribution in [0.4, 0.5) is 11.4 Å². The molecule has 1 heterocycles. The highest BCUT2D eigenvalue weighted by atomic mass is 16.5. The number of amides is 1. The molecule has 1 amide bonds. The van der Waals surface area contributed by atoms with E-state index in [2.05, 4.69) is 10.6 Å². The predicted octanol–water partition coefficient (Wildman–Crippen LogP) is 1.84. The van der Waals surface area contributed by atoms with Crippen molar-refractivity contribution in [3.63, 3.8) is 0 Å². The number of nitrogens with one attached hydrogen (secondary N) is 2. The number of fused-ring (bicyclic) bond motifs is 1. The third-order valence-electron chi connectivity index (χ3n) is 3.17. The molecule has 1 saturated carbocycles. The van der Waals surface area contributed by atoms with Crippen LogP contribution in [0.15, 0.2) is 18.2 Å². The van der Waals surface area contributed by atoms with Crippen molar-refractivity contribution in [2.75, 3.05) is 17.7 Å². The van der Waals surface area contributed by atoms with Crippen LogP contribution in [0.5, 0.6) is 5.75 Å². The maximum Gasteiger partial charge on any atom is 0.247 e. The Morgan fingerprint density at radius 3 is 2.81 bits per heavy atom. The van der Waals surface area contributed by atoms with Gasteiger partial charge in [0, 0.05) is 6.07 Å². The second-order valence-electron chi connectivity index (χ2n) is 4.36. The van der Waals surface area contributed by atoms with Crippen molar-refractivity contribution in [3.05, 3.63) is 18.2 Å². The summed E-state index contributed by atoms with van der Waals surface area (Å²) >= 11 is 0. The van der Waals surface area contributed by atoms with Gasteiger partial charge in [-0.1, -0.05) is 0 Å². The molecule has 1 aliphatic heterocycles. The molecule has 1 aliphatic carbocycles. The lowest BCUT2D eigenvalue weighted by Gasteiger charge is -2.27. The van der Waals surface area contributed by atoms with E-state index in [4.69, 9.17) is 4.74 Å². The van der Waals surface area contributed by atoms with Gasteiger partial charge in [0.25, 0.3) is 0 Å². The SMILES string of the molecule is COc1ccc2c(c1)NC(C1CC1)C(=O)N2. The molecule has 1 aromatic rings. The lowest BCUT2D eigenvalue weighted by Crippen LogP contribution is -2.40. The third kappa shape index (κ3) is 1.50. The average Bonchev–Trinajstić information content (AvgIpc) is 3.11. The molecule has 0 saturated heterocycles. The van der Waals surface area contributed by atoms with Gasteiger partial charge in [-0.2, -0.15) is 0 Å². The Morgan fingerprint density at radius 1 is 1.31 bits per heavy atom. The van der Waals surface area contributed by atoms with Crippen LogP contribution in [-0.4, -0.2) is 19.1 Å². The highest BCUT2D eigenvalue weighted by molar-refractivity contribution is 6.03. The molecule has 2 N–H and O–H groups in total. The number of hydrogen-bond acceptors (Lipinski definition) is 3. The molecule has 3 rings (SSSR count). The summed E-state index contributed by atoms with van der Waals surface area (Å²) in [6.07, 6.45) is 2.29. The maximum atomic E-state index is 11.8. The summed E-state index contributed by atoms with van der Waals surface area (Å²) in [6.45, 7) is 0. The molecule has 1 fully saturated rings. The maximum absolute atomic E-state index is 11.8. The van der Waals surface area contributed by atoms with Gasteiger partial charge >= 0.3 is 0 Å². The number of rotatable bonds is 2. The lowest BCUT2D eigenvalue weighted by molar-refractivity contribution is -0.117. The second-order valence-corrected chi connectivity index (χ2v) is 4.36. The van der Waals surface area contributed by atoms with Gasteiger partial charge in [-0.3, -0.25) is 4.79 Å². The number of anilines is 2. The molecule has 0 aromatic heterocycles. The Labute approximate surface area is 94.0 Å². The smallest absolute Gasteiger partial charge is 0.247 e. The van der Waals surface area contributed by atoms with E-state index in [-0.39, 0.29) is 11.9 Å². The average molecular weight is 218 g/mol. The summed E-state index contributed by atoms with van der Waals surface area (Å²) in [7, 11) is 1.64. The van der Waals surface area contributed by atoms with Crippen LogP contribution in [0, 0.1) is 5.92 Å². The van der Waals surface area contributed by atoms with Crippen LogP contribution >= 0.6 is 0 Å². The standard InChI is InChI=1S/C12H14N2O2/c1-16-8-4-5-9-10(6-8)13-11(7-2-3-7)12(15)14-9/h4-7,11,13H,2-3H2,1H3,(H,14,15). The van der Waals surface area contributed by atoms with Gasteiger partial charge in [0.05, 0.1) is 18.5 Å². The van der Waals surface area contributed by atoms with Gasteiger partial charge in [-0.15, -0.1) is 0 Å². The van der Waals surface area contributed by atoms with Gasteiger partial charge in [0.15, 0.2) is 0 Å². The Hall–Kier alpha value is -1.71. The lowest BCUT2D eigenvalue weighted by atomic mass is 10.1. The van der Waals surface area contributed by atoms with Crippen LogP contribution in [0.25, 0.3) is 0 Å². The molecule has 4 nitrogen and oxygen atoms in total. The minimum atomic E-state index is -0.0698. The molecule has 1 atom stereocenters. The Balaban J connectivity index is 1.92. The van der Waals surface area contributed by atoms with Crippen molar-refractivity contribution in [2.24, 2.45) is 5.92 Å². The Kier molecular flexibility index (Phi) is 2.02. The minimum absolute atomic E-state index is 0.0698. The molecule has 0 spiro atoms. The minimum Gasteiger partial charge on any atom is -0.497 e. The highest BCUT2D eigenvalue weighted by Gasteiger charge is 2.38. The number of hydrogen-bond donors (Lipinski definition) is 2. The van der Waals surface area contributed by atoms with E-state index in [1.165, 1.54) is 0 Å². The zero-order valence-electron chi connectivity index (χ0n) is 9.12. The van der Waals surface area contributed by atoms with E-state index >= 15 is 0 Å².